The second-order valence-electron chi connectivity index (χ2n) is 16.9. The maximum absolute atomic E-state index is 14.2. The van der Waals surface area contributed by atoms with Crippen LogP contribution in [0.3, 0.4) is 0 Å². The van der Waals surface area contributed by atoms with Crippen molar-refractivity contribution in [1.82, 2.24) is 0 Å². The van der Waals surface area contributed by atoms with Crippen LogP contribution in [0.25, 0.3) is 0 Å². The van der Waals surface area contributed by atoms with Crippen LogP contribution in [0.5, 0.6) is 11.5 Å². The number of aliphatic hydroxyl groups excluding tert-OH is 1. The largest absolute Gasteiger partial charge is 0.504 e. The van der Waals surface area contributed by atoms with E-state index in [2.05, 4.69) is 54.5 Å². The number of carbonyl (C=O) groups excluding carboxylic acids is 1. The summed E-state index contributed by atoms with van der Waals surface area (Å²) in [6, 6.07) is 4.81. The van der Waals surface area contributed by atoms with Crippen LogP contribution in [0, 0.1) is 56.7 Å². The van der Waals surface area contributed by atoms with Gasteiger partial charge in [-0.3, -0.25) is 4.79 Å². The lowest BCUT2D eigenvalue weighted by atomic mass is 9.33. The highest BCUT2D eigenvalue weighted by molar-refractivity contribution is 5.79. The third kappa shape index (κ3) is 4.29. The van der Waals surface area contributed by atoms with Gasteiger partial charge in [0.05, 0.1) is 18.1 Å². The summed E-state index contributed by atoms with van der Waals surface area (Å²) in [7, 11) is 0. The topological polar surface area (TPSA) is 87.0 Å². The lowest BCUT2D eigenvalue weighted by Crippen LogP contribution is -2.65. The monoisotopic (exact) mass is 592 g/mol. The van der Waals surface area contributed by atoms with Gasteiger partial charge >= 0.3 is 5.97 Å². The summed E-state index contributed by atoms with van der Waals surface area (Å²) in [5.41, 5.74) is 2.28. The highest BCUT2D eigenvalue weighted by Gasteiger charge is 2.69. The standard InChI is InChI=1S/C38H56O5/c1-23-12-18-38(33(42)43-21-15-25-8-10-27(39)28(40)22-25)20-19-36(6)26(32(38)24(23)2)9-11-30-35(5)16-14-31(41)34(3,4)29(35)13-17-37(30,36)7/h8-10,22-24,29-32,39-41H,11-21H2,1-7H3/t23-,24+,29+,30?,31+,32+,35+,36-,37-,38+/m1/s1. The predicted molar refractivity (Wildman–Crippen MR) is 169 cm³/mol. The Labute approximate surface area is 259 Å². The first kappa shape index (κ1) is 31.0. The summed E-state index contributed by atoms with van der Waals surface area (Å²) in [6.07, 6.45) is 12.2. The fourth-order valence-corrected chi connectivity index (χ4v) is 12.0. The van der Waals surface area contributed by atoms with Gasteiger partial charge in [-0.1, -0.05) is 66.2 Å². The van der Waals surface area contributed by atoms with E-state index < -0.39 is 5.41 Å². The van der Waals surface area contributed by atoms with Crippen LogP contribution in [-0.4, -0.2) is 34.0 Å². The Morgan fingerprint density at radius 2 is 1.65 bits per heavy atom. The third-order valence-corrected chi connectivity index (χ3v) is 15.0. The number of ether oxygens (including phenoxy) is 1. The van der Waals surface area contributed by atoms with Crippen molar-refractivity contribution < 1.29 is 24.9 Å². The Bertz CT molecular complexity index is 1300. The highest BCUT2D eigenvalue weighted by Crippen LogP contribution is 2.75. The van der Waals surface area contributed by atoms with Gasteiger partial charge in [-0.15, -0.1) is 0 Å². The van der Waals surface area contributed by atoms with Crippen molar-refractivity contribution in [2.45, 2.75) is 119 Å². The van der Waals surface area contributed by atoms with Crippen LogP contribution in [-0.2, 0) is 16.0 Å². The molecule has 0 radical (unpaired) electrons. The second kappa shape index (κ2) is 10.3. The first-order valence-corrected chi connectivity index (χ1v) is 17.2. The fourth-order valence-electron chi connectivity index (χ4n) is 12.0. The molecule has 238 valence electrons. The molecule has 0 amide bonds. The zero-order valence-corrected chi connectivity index (χ0v) is 27.7. The molecule has 5 heteroatoms. The van der Waals surface area contributed by atoms with E-state index in [1.165, 1.54) is 18.9 Å². The average molecular weight is 593 g/mol. The molecule has 1 unspecified atom stereocenters. The number of phenolic OH excluding ortho intramolecular Hbond substituents is 2. The zero-order valence-electron chi connectivity index (χ0n) is 27.7. The first-order valence-electron chi connectivity index (χ1n) is 17.2. The molecule has 3 N–H and O–H groups in total. The van der Waals surface area contributed by atoms with E-state index in [0.717, 1.165) is 50.5 Å². The smallest absolute Gasteiger partial charge is 0.312 e. The summed E-state index contributed by atoms with van der Waals surface area (Å²) in [5, 5.41) is 30.6. The molecule has 4 fully saturated rings. The Morgan fingerprint density at radius 1 is 0.907 bits per heavy atom. The molecule has 6 rings (SSSR count). The van der Waals surface area contributed by atoms with E-state index in [4.69, 9.17) is 4.74 Å². The number of allylic oxidation sites excluding steroid dienone is 2. The van der Waals surface area contributed by atoms with E-state index >= 15 is 0 Å². The minimum Gasteiger partial charge on any atom is -0.504 e. The number of phenols is 2. The van der Waals surface area contributed by atoms with E-state index in [0.29, 0.717) is 30.1 Å². The normalized spacial score (nSPS) is 45.1. The molecule has 4 saturated carbocycles. The van der Waals surface area contributed by atoms with Crippen LogP contribution >= 0.6 is 0 Å². The lowest BCUT2D eigenvalue weighted by Gasteiger charge is -2.71. The molecule has 0 aromatic heterocycles. The zero-order chi connectivity index (χ0) is 31.2. The molecule has 10 atom stereocenters. The molecule has 1 aromatic carbocycles. The average Bonchev–Trinajstić information content (AvgIpc) is 2.95. The Hall–Kier alpha value is -2.01. The predicted octanol–water partition coefficient (Wildman–Crippen LogP) is 8.20. The van der Waals surface area contributed by atoms with Gasteiger partial charge in [0.1, 0.15) is 0 Å². The van der Waals surface area contributed by atoms with Crippen LogP contribution in [0.4, 0.5) is 0 Å². The van der Waals surface area contributed by atoms with Gasteiger partial charge in [-0.05, 0) is 127 Å². The highest BCUT2D eigenvalue weighted by atomic mass is 16.5. The maximum Gasteiger partial charge on any atom is 0.312 e. The number of fused-ring (bicyclic) bond motifs is 7. The third-order valence-electron chi connectivity index (χ3n) is 15.0. The summed E-state index contributed by atoms with van der Waals surface area (Å²) >= 11 is 0. The minimum atomic E-state index is -0.477. The lowest BCUT2D eigenvalue weighted by molar-refractivity contribution is -0.207. The van der Waals surface area contributed by atoms with Crippen molar-refractivity contribution in [2.24, 2.45) is 56.7 Å². The van der Waals surface area contributed by atoms with Crippen molar-refractivity contribution in [1.29, 1.82) is 0 Å². The van der Waals surface area contributed by atoms with Crippen LogP contribution in [0.1, 0.15) is 112 Å². The van der Waals surface area contributed by atoms with Gasteiger partial charge in [-0.25, -0.2) is 0 Å². The fraction of sp³-hybridized carbons (Fsp3) is 0.763. The summed E-state index contributed by atoms with van der Waals surface area (Å²) in [6.45, 7) is 17.4. The van der Waals surface area contributed by atoms with Gasteiger partial charge in [0.2, 0.25) is 0 Å². The van der Waals surface area contributed by atoms with Crippen molar-refractivity contribution in [3.63, 3.8) is 0 Å². The molecule has 5 aliphatic rings. The molecule has 5 aliphatic carbocycles. The van der Waals surface area contributed by atoms with Gasteiger partial charge < -0.3 is 20.1 Å². The van der Waals surface area contributed by atoms with Gasteiger partial charge in [0, 0.05) is 6.42 Å². The molecule has 0 heterocycles. The van der Waals surface area contributed by atoms with Gasteiger partial charge in [-0.2, -0.15) is 0 Å². The number of esters is 1. The molecule has 0 saturated heterocycles. The van der Waals surface area contributed by atoms with Crippen molar-refractivity contribution in [2.75, 3.05) is 6.61 Å². The number of aliphatic hydroxyl groups is 1. The number of aromatic hydroxyl groups is 2. The molecule has 43 heavy (non-hydrogen) atoms. The molecule has 0 aliphatic heterocycles. The summed E-state index contributed by atoms with van der Waals surface area (Å²) < 4.78 is 6.13. The molecule has 0 bridgehead atoms. The van der Waals surface area contributed by atoms with Crippen molar-refractivity contribution in [3.05, 3.63) is 35.4 Å². The number of rotatable bonds is 4. The molecule has 0 spiro atoms. The van der Waals surface area contributed by atoms with Crippen LogP contribution in [0.2, 0.25) is 0 Å². The molecular formula is C38H56O5. The quantitative estimate of drug-likeness (QED) is 0.186. The van der Waals surface area contributed by atoms with Crippen LogP contribution < -0.4 is 0 Å². The Kier molecular flexibility index (Phi) is 7.39. The number of hydrogen-bond acceptors (Lipinski definition) is 5. The minimum absolute atomic E-state index is 0.0341. The van der Waals surface area contributed by atoms with Gasteiger partial charge in [0.15, 0.2) is 11.5 Å². The number of carbonyl (C=O) groups is 1. The first-order chi connectivity index (χ1) is 20.1. The SMILES string of the molecule is C[C@H]1[C@H](C)CC[C@]2(C(=O)OCCc3ccc(O)c(O)c3)CC[C@]3(C)C(=CCC4[C@@]5(C)CC[C@H](O)C(C)(C)[C@@H]5CC[C@]43C)[C@H]12. The van der Waals surface area contributed by atoms with Crippen molar-refractivity contribution in [3.8, 4) is 11.5 Å². The van der Waals surface area contributed by atoms with E-state index in [1.54, 1.807) is 17.7 Å². The Morgan fingerprint density at radius 3 is 2.37 bits per heavy atom. The van der Waals surface area contributed by atoms with E-state index in [9.17, 15) is 20.1 Å². The molecule has 5 nitrogen and oxygen atoms in total. The number of hydrogen-bond donors (Lipinski definition) is 3. The Balaban J connectivity index is 1.31. The van der Waals surface area contributed by atoms with Crippen molar-refractivity contribution >= 4 is 5.97 Å². The van der Waals surface area contributed by atoms with Crippen LogP contribution in [0.15, 0.2) is 29.8 Å². The van der Waals surface area contributed by atoms with E-state index in [1.807, 2.05) is 0 Å². The van der Waals surface area contributed by atoms with E-state index in [-0.39, 0.29) is 57.8 Å². The number of benzene rings is 1. The molecular weight excluding hydrogens is 536 g/mol. The maximum atomic E-state index is 14.2. The summed E-state index contributed by atoms with van der Waals surface area (Å²) in [5.74, 6) is 1.98. The summed E-state index contributed by atoms with van der Waals surface area (Å²) in [4.78, 5) is 14.2. The van der Waals surface area contributed by atoms with Gasteiger partial charge in [0.25, 0.3) is 0 Å². The second-order valence-corrected chi connectivity index (χ2v) is 16.9. The molecule has 1 aromatic rings.